The molecule has 0 spiro atoms. The molecular weight excluding hydrogens is 258 g/mol. The predicted molar refractivity (Wildman–Crippen MR) is 89.7 cm³/mol. The maximum absolute atomic E-state index is 4.63. The zero-order chi connectivity index (χ0) is 15.7. The highest BCUT2D eigenvalue weighted by Gasteiger charge is 2.25. The summed E-state index contributed by atoms with van der Waals surface area (Å²) in [4.78, 5) is 11.6. The first kappa shape index (κ1) is 16.3. The van der Waals surface area contributed by atoms with Gasteiger partial charge in [0.2, 0.25) is 0 Å². The molecule has 21 heavy (non-hydrogen) atoms. The zero-order valence-corrected chi connectivity index (χ0v) is 14.6. The van der Waals surface area contributed by atoms with Gasteiger partial charge < -0.3 is 4.90 Å². The fourth-order valence-electron chi connectivity index (χ4n) is 3.10. The molecule has 0 saturated carbocycles. The smallest absolute Gasteiger partial charge is 0.147 e. The molecular formula is C18H31N3. The van der Waals surface area contributed by atoms with Crippen molar-refractivity contribution in [3.05, 3.63) is 18.1 Å². The van der Waals surface area contributed by atoms with E-state index in [4.69, 9.17) is 0 Å². The zero-order valence-electron chi connectivity index (χ0n) is 14.6. The lowest BCUT2D eigenvalue weighted by Crippen LogP contribution is -2.35. The van der Waals surface area contributed by atoms with E-state index in [1.807, 2.05) is 12.4 Å². The summed E-state index contributed by atoms with van der Waals surface area (Å²) in [5.74, 6) is 1.90. The third-order valence-corrected chi connectivity index (χ3v) is 4.25. The predicted octanol–water partition coefficient (Wildman–Crippen LogP) is 4.43. The van der Waals surface area contributed by atoms with Gasteiger partial charge in [0.15, 0.2) is 0 Å². The van der Waals surface area contributed by atoms with Crippen molar-refractivity contribution < 1.29 is 0 Å². The van der Waals surface area contributed by atoms with Gasteiger partial charge >= 0.3 is 0 Å². The van der Waals surface area contributed by atoms with E-state index < -0.39 is 0 Å². The van der Waals surface area contributed by atoms with E-state index in [1.165, 1.54) is 19.3 Å². The van der Waals surface area contributed by atoms with Crippen molar-refractivity contribution in [3.63, 3.8) is 0 Å². The monoisotopic (exact) mass is 289 g/mol. The van der Waals surface area contributed by atoms with Gasteiger partial charge in [0, 0.05) is 18.5 Å². The number of anilines is 1. The SMILES string of the molecule is CC(C)(C)CC1CCN(c2cnc(C(C)(C)C)cn2)CC1. The fourth-order valence-corrected chi connectivity index (χ4v) is 3.10. The largest absolute Gasteiger partial charge is 0.355 e. The minimum atomic E-state index is 0.0746. The van der Waals surface area contributed by atoms with Crippen LogP contribution in [-0.4, -0.2) is 23.1 Å². The van der Waals surface area contributed by atoms with E-state index in [2.05, 4.69) is 56.4 Å². The highest BCUT2D eigenvalue weighted by Crippen LogP contribution is 2.32. The molecule has 0 N–H and O–H groups in total. The van der Waals surface area contributed by atoms with E-state index in [0.29, 0.717) is 5.41 Å². The van der Waals surface area contributed by atoms with Gasteiger partial charge in [-0.2, -0.15) is 0 Å². The van der Waals surface area contributed by atoms with Crippen LogP contribution in [0.1, 0.15) is 66.5 Å². The summed E-state index contributed by atoms with van der Waals surface area (Å²) in [6.07, 6.45) is 7.77. The molecule has 0 unspecified atom stereocenters. The molecule has 1 saturated heterocycles. The Morgan fingerprint density at radius 1 is 1.00 bits per heavy atom. The van der Waals surface area contributed by atoms with Gasteiger partial charge in [-0.1, -0.05) is 41.5 Å². The summed E-state index contributed by atoms with van der Waals surface area (Å²) < 4.78 is 0. The molecule has 3 nitrogen and oxygen atoms in total. The Kier molecular flexibility index (Phi) is 4.60. The van der Waals surface area contributed by atoms with E-state index >= 15 is 0 Å². The van der Waals surface area contributed by atoms with Crippen molar-refractivity contribution >= 4 is 5.82 Å². The summed E-state index contributed by atoms with van der Waals surface area (Å²) in [6, 6.07) is 0. The Bertz CT molecular complexity index is 443. The summed E-state index contributed by atoms with van der Waals surface area (Å²) in [7, 11) is 0. The highest BCUT2D eigenvalue weighted by atomic mass is 15.2. The first-order chi connectivity index (χ1) is 9.65. The number of piperidine rings is 1. The molecule has 118 valence electrons. The topological polar surface area (TPSA) is 29.0 Å². The summed E-state index contributed by atoms with van der Waals surface area (Å²) in [5, 5.41) is 0. The Balaban J connectivity index is 1.93. The Morgan fingerprint density at radius 2 is 1.62 bits per heavy atom. The molecule has 0 amide bonds. The van der Waals surface area contributed by atoms with Crippen molar-refractivity contribution in [2.24, 2.45) is 11.3 Å². The minimum absolute atomic E-state index is 0.0746. The van der Waals surface area contributed by atoms with Gasteiger partial charge in [-0.05, 0) is 30.6 Å². The molecule has 0 bridgehead atoms. The van der Waals surface area contributed by atoms with Crippen molar-refractivity contribution in [1.29, 1.82) is 0 Å². The Hall–Kier alpha value is -1.12. The molecule has 1 aromatic heterocycles. The molecule has 0 aliphatic carbocycles. The normalized spacial score (nSPS) is 18.1. The van der Waals surface area contributed by atoms with Crippen LogP contribution in [0.4, 0.5) is 5.82 Å². The molecule has 2 rings (SSSR count). The van der Waals surface area contributed by atoms with Gasteiger partial charge in [0.1, 0.15) is 5.82 Å². The van der Waals surface area contributed by atoms with Crippen LogP contribution in [0.3, 0.4) is 0 Å². The maximum atomic E-state index is 4.63. The molecule has 3 heteroatoms. The average molecular weight is 289 g/mol. The van der Waals surface area contributed by atoms with Crippen LogP contribution in [0.25, 0.3) is 0 Å². The van der Waals surface area contributed by atoms with Crippen molar-refractivity contribution in [2.75, 3.05) is 18.0 Å². The maximum Gasteiger partial charge on any atom is 0.147 e. The van der Waals surface area contributed by atoms with Crippen molar-refractivity contribution in [1.82, 2.24) is 9.97 Å². The van der Waals surface area contributed by atoms with Gasteiger partial charge in [0.05, 0.1) is 18.1 Å². The van der Waals surface area contributed by atoms with Crippen LogP contribution >= 0.6 is 0 Å². The molecule has 0 radical (unpaired) electrons. The summed E-state index contributed by atoms with van der Waals surface area (Å²) in [5.41, 5.74) is 1.58. The van der Waals surface area contributed by atoms with E-state index in [1.54, 1.807) is 0 Å². The van der Waals surface area contributed by atoms with Crippen LogP contribution in [0.15, 0.2) is 12.4 Å². The molecule has 0 aromatic carbocycles. The van der Waals surface area contributed by atoms with Crippen molar-refractivity contribution in [3.8, 4) is 0 Å². The Morgan fingerprint density at radius 3 is 2.05 bits per heavy atom. The first-order valence-electron chi connectivity index (χ1n) is 8.23. The summed E-state index contributed by atoms with van der Waals surface area (Å²) >= 11 is 0. The molecule has 1 aliphatic heterocycles. The number of rotatable bonds is 2. The second kappa shape index (κ2) is 5.94. The lowest BCUT2D eigenvalue weighted by atomic mass is 9.80. The molecule has 1 aromatic rings. The van der Waals surface area contributed by atoms with Crippen molar-refractivity contribution in [2.45, 2.75) is 66.2 Å². The highest BCUT2D eigenvalue weighted by molar-refractivity contribution is 5.36. The van der Waals surface area contributed by atoms with Crippen LogP contribution in [0, 0.1) is 11.3 Å². The third kappa shape index (κ3) is 4.69. The third-order valence-electron chi connectivity index (χ3n) is 4.25. The minimum Gasteiger partial charge on any atom is -0.355 e. The molecule has 1 aliphatic rings. The fraction of sp³-hybridized carbons (Fsp3) is 0.778. The number of hydrogen-bond donors (Lipinski definition) is 0. The van der Waals surface area contributed by atoms with Gasteiger partial charge in [0.25, 0.3) is 0 Å². The molecule has 1 fully saturated rings. The van der Waals surface area contributed by atoms with E-state index in [9.17, 15) is 0 Å². The lowest BCUT2D eigenvalue weighted by molar-refractivity contribution is 0.258. The van der Waals surface area contributed by atoms with Crippen LogP contribution in [0.2, 0.25) is 0 Å². The van der Waals surface area contributed by atoms with E-state index in [0.717, 1.165) is 30.5 Å². The molecule has 0 atom stereocenters. The van der Waals surface area contributed by atoms with Crippen LogP contribution in [-0.2, 0) is 5.41 Å². The van der Waals surface area contributed by atoms with E-state index in [-0.39, 0.29) is 5.41 Å². The van der Waals surface area contributed by atoms with Crippen LogP contribution < -0.4 is 4.90 Å². The quantitative estimate of drug-likeness (QED) is 0.806. The number of hydrogen-bond acceptors (Lipinski definition) is 3. The number of nitrogens with zero attached hydrogens (tertiary/aromatic N) is 3. The Labute approximate surface area is 130 Å². The van der Waals surface area contributed by atoms with Crippen LogP contribution in [0.5, 0.6) is 0 Å². The lowest BCUT2D eigenvalue weighted by Gasteiger charge is -2.35. The van der Waals surface area contributed by atoms with Gasteiger partial charge in [-0.3, -0.25) is 4.98 Å². The molecule has 2 heterocycles. The second-order valence-corrected chi connectivity index (χ2v) is 8.71. The standard InChI is InChI=1S/C18H31N3/c1-17(2,3)11-14-7-9-21(10-8-14)16-13-19-15(12-20-16)18(4,5)6/h12-14H,7-11H2,1-6H3. The first-order valence-corrected chi connectivity index (χ1v) is 8.23. The van der Waals surface area contributed by atoms with Gasteiger partial charge in [-0.25, -0.2) is 4.98 Å². The summed E-state index contributed by atoms with van der Waals surface area (Å²) in [6.45, 7) is 15.8. The number of aromatic nitrogens is 2. The van der Waals surface area contributed by atoms with Gasteiger partial charge in [-0.15, -0.1) is 0 Å². The average Bonchev–Trinajstić information content (AvgIpc) is 2.37. The second-order valence-electron chi connectivity index (χ2n) is 8.71.